The van der Waals surface area contributed by atoms with Crippen molar-refractivity contribution >= 4 is 11.5 Å². The maximum Gasteiger partial charge on any atom is 0.132 e. The predicted molar refractivity (Wildman–Crippen MR) is 103 cm³/mol. The summed E-state index contributed by atoms with van der Waals surface area (Å²) in [6.07, 6.45) is 9.88. The summed E-state index contributed by atoms with van der Waals surface area (Å²) in [4.78, 5) is 11.2. The Morgan fingerprint density at radius 1 is 1.35 bits per heavy atom. The van der Waals surface area contributed by atoms with Gasteiger partial charge in [-0.3, -0.25) is 0 Å². The fourth-order valence-corrected chi connectivity index (χ4v) is 3.74. The van der Waals surface area contributed by atoms with Crippen LogP contribution in [0.2, 0.25) is 0 Å². The molecule has 0 aromatic carbocycles. The number of nitrogens with one attached hydrogen (secondary N) is 1. The Balaban J connectivity index is 1.66. The van der Waals surface area contributed by atoms with Crippen LogP contribution in [-0.4, -0.2) is 54.2 Å². The molecule has 142 valence electrons. The zero-order valence-corrected chi connectivity index (χ0v) is 16.0. The van der Waals surface area contributed by atoms with Crippen LogP contribution >= 0.6 is 0 Å². The SMILES string of the molecule is COC1CCCN(c2cc(CC3CC(OC(C)C)C=CC3=N)ncn2)C1. The van der Waals surface area contributed by atoms with Gasteiger partial charge in [-0.2, -0.15) is 0 Å². The van der Waals surface area contributed by atoms with Gasteiger partial charge in [-0.05, 0) is 45.6 Å². The van der Waals surface area contributed by atoms with Gasteiger partial charge in [-0.25, -0.2) is 9.97 Å². The van der Waals surface area contributed by atoms with E-state index in [0.29, 0.717) is 5.71 Å². The van der Waals surface area contributed by atoms with Crippen LogP contribution in [0.15, 0.2) is 24.5 Å². The molecule has 3 unspecified atom stereocenters. The molecule has 3 atom stereocenters. The van der Waals surface area contributed by atoms with Crippen molar-refractivity contribution in [2.45, 2.75) is 57.8 Å². The van der Waals surface area contributed by atoms with Crippen LogP contribution in [0, 0.1) is 11.3 Å². The first-order valence-corrected chi connectivity index (χ1v) is 9.56. The van der Waals surface area contributed by atoms with E-state index in [-0.39, 0.29) is 24.2 Å². The first-order chi connectivity index (χ1) is 12.5. The Kier molecular flexibility index (Phi) is 6.38. The summed E-state index contributed by atoms with van der Waals surface area (Å²) in [6.45, 7) is 5.97. The molecule has 0 spiro atoms. The molecule has 2 heterocycles. The monoisotopic (exact) mass is 358 g/mol. The lowest BCUT2D eigenvalue weighted by Crippen LogP contribution is -2.39. The van der Waals surface area contributed by atoms with Crippen molar-refractivity contribution in [3.8, 4) is 0 Å². The minimum absolute atomic E-state index is 0.0833. The number of hydrogen-bond acceptors (Lipinski definition) is 6. The second-order valence-electron chi connectivity index (χ2n) is 7.49. The van der Waals surface area contributed by atoms with Crippen LogP contribution in [0.1, 0.15) is 38.8 Å². The third-order valence-electron chi connectivity index (χ3n) is 5.09. The molecule has 1 aliphatic carbocycles. The second kappa shape index (κ2) is 8.73. The molecule has 1 aromatic rings. The smallest absolute Gasteiger partial charge is 0.132 e. The molecule has 1 aromatic heterocycles. The minimum atomic E-state index is 0.0833. The molecule has 6 heteroatoms. The van der Waals surface area contributed by atoms with Crippen LogP contribution in [0.5, 0.6) is 0 Å². The van der Waals surface area contributed by atoms with Crippen LogP contribution in [-0.2, 0) is 15.9 Å². The molecule has 6 nitrogen and oxygen atoms in total. The van der Waals surface area contributed by atoms with Crippen molar-refractivity contribution in [1.82, 2.24) is 9.97 Å². The van der Waals surface area contributed by atoms with E-state index in [1.54, 1.807) is 13.4 Å². The zero-order valence-electron chi connectivity index (χ0n) is 16.0. The summed E-state index contributed by atoms with van der Waals surface area (Å²) in [7, 11) is 1.78. The number of methoxy groups -OCH3 is 1. The molecule has 2 aliphatic rings. The number of piperidine rings is 1. The van der Waals surface area contributed by atoms with Gasteiger partial charge in [0, 0.05) is 43.6 Å². The largest absolute Gasteiger partial charge is 0.380 e. The summed E-state index contributed by atoms with van der Waals surface area (Å²) in [5.41, 5.74) is 1.65. The quantitative estimate of drug-likeness (QED) is 0.846. The normalized spacial score (nSPS) is 26.5. The lowest BCUT2D eigenvalue weighted by Gasteiger charge is -2.33. The number of allylic oxidation sites excluding steroid dienone is 1. The molecule has 0 bridgehead atoms. The van der Waals surface area contributed by atoms with Gasteiger partial charge >= 0.3 is 0 Å². The summed E-state index contributed by atoms with van der Waals surface area (Å²) in [5.74, 6) is 1.10. The standard InChI is InChI=1S/C20H30N4O2/c1-14(2)26-17-6-7-19(21)15(10-17)9-16-11-20(23-13-22-16)24-8-4-5-18(12-24)25-3/h6-7,11,13-15,17-18,21H,4-5,8-10,12H2,1-3H3. The zero-order chi connectivity index (χ0) is 18.5. The maximum atomic E-state index is 8.26. The van der Waals surface area contributed by atoms with E-state index in [0.717, 1.165) is 50.3 Å². The molecule has 1 aliphatic heterocycles. The number of nitrogens with zero attached hydrogens (tertiary/aromatic N) is 3. The Morgan fingerprint density at radius 3 is 2.96 bits per heavy atom. The molecule has 0 amide bonds. The molecular weight excluding hydrogens is 328 g/mol. The van der Waals surface area contributed by atoms with E-state index in [1.807, 2.05) is 26.0 Å². The fourth-order valence-electron chi connectivity index (χ4n) is 3.74. The third kappa shape index (κ3) is 4.89. The number of anilines is 1. The first kappa shape index (κ1) is 19.0. The first-order valence-electron chi connectivity index (χ1n) is 9.56. The Morgan fingerprint density at radius 2 is 2.19 bits per heavy atom. The number of rotatable bonds is 6. The van der Waals surface area contributed by atoms with Crippen LogP contribution in [0.3, 0.4) is 0 Å². The van der Waals surface area contributed by atoms with Crippen molar-refractivity contribution in [2.24, 2.45) is 5.92 Å². The van der Waals surface area contributed by atoms with Gasteiger partial charge < -0.3 is 19.8 Å². The van der Waals surface area contributed by atoms with Gasteiger partial charge in [0.1, 0.15) is 12.1 Å². The number of ether oxygens (including phenoxy) is 2. The van der Waals surface area contributed by atoms with Gasteiger partial charge in [0.05, 0.1) is 18.3 Å². The van der Waals surface area contributed by atoms with Crippen LogP contribution in [0.25, 0.3) is 0 Å². The third-order valence-corrected chi connectivity index (χ3v) is 5.09. The van der Waals surface area contributed by atoms with E-state index in [4.69, 9.17) is 14.9 Å². The van der Waals surface area contributed by atoms with Crippen molar-refractivity contribution < 1.29 is 9.47 Å². The molecule has 1 saturated heterocycles. The van der Waals surface area contributed by atoms with Crippen LogP contribution < -0.4 is 4.90 Å². The molecule has 0 radical (unpaired) electrons. The molecular formula is C20H30N4O2. The molecule has 3 rings (SSSR count). The van der Waals surface area contributed by atoms with Gasteiger partial charge in [-0.15, -0.1) is 0 Å². The molecule has 0 saturated carbocycles. The Labute approximate surface area is 156 Å². The van der Waals surface area contributed by atoms with E-state index < -0.39 is 0 Å². The van der Waals surface area contributed by atoms with E-state index in [1.165, 1.54) is 0 Å². The van der Waals surface area contributed by atoms with Crippen LogP contribution in [0.4, 0.5) is 5.82 Å². The summed E-state index contributed by atoms with van der Waals surface area (Å²) in [6, 6.07) is 2.07. The number of aromatic nitrogens is 2. The average Bonchev–Trinajstić information content (AvgIpc) is 2.64. The highest BCUT2D eigenvalue weighted by Crippen LogP contribution is 2.25. The molecule has 26 heavy (non-hydrogen) atoms. The van der Waals surface area contributed by atoms with Gasteiger partial charge in [0.15, 0.2) is 0 Å². The maximum absolute atomic E-state index is 8.26. The lowest BCUT2D eigenvalue weighted by molar-refractivity contribution is 0.0252. The van der Waals surface area contributed by atoms with Crippen molar-refractivity contribution in [3.63, 3.8) is 0 Å². The van der Waals surface area contributed by atoms with Crippen molar-refractivity contribution in [2.75, 3.05) is 25.1 Å². The van der Waals surface area contributed by atoms with Gasteiger partial charge in [-0.1, -0.05) is 6.08 Å². The topological polar surface area (TPSA) is 71.3 Å². The second-order valence-corrected chi connectivity index (χ2v) is 7.49. The predicted octanol–water partition coefficient (Wildman–Crippen LogP) is 3.02. The molecule has 1 fully saturated rings. The van der Waals surface area contributed by atoms with E-state index in [9.17, 15) is 0 Å². The highest BCUT2D eigenvalue weighted by Gasteiger charge is 2.25. The summed E-state index contributed by atoms with van der Waals surface area (Å²) in [5, 5.41) is 8.26. The van der Waals surface area contributed by atoms with Crippen molar-refractivity contribution in [3.05, 3.63) is 30.2 Å². The van der Waals surface area contributed by atoms with E-state index in [2.05, 4.69) is 20.9 Å². The average molecular weight is 358 g/mol. The Hall–Kier alpha value is -1.79. The van der Waals surface area contributed by atoms with E-state index >= 15 is 0 Å². The Bertz CT molecular complexity index is 646. The van der Waals surface area contributed by atoms with Gasteiger partial charge in [0.2, 0.25) is 0 Å². The highest BCUT2D eigenvalue weighted by molar-refractivity contribution is 5.95. The number of hydrogen-bond donors (Lipinski definition) is 1. The fraction of sp³-hybridized carbons (Fsp3) is 0.650. The lowest BCUT2D eigenvalue weighted by atomic mass is 9.87. The summed E-state index contributed by atoms with van der Waals surface area (Å²) < 4.78 is 11.4. The van der Waals surface area contributed by atoms with Gasteiger partial charge in [0.25, 0.3) is 0 Å². The van der Waals surface area contributed by atoms with Crippen molar-refractivity contribution in [1.29, 1.82) is 5.41 Å². The highest BCUT2D eigenvalue weighted by atomic mass is 16.5. The summed E-state index contributed by atoms with van der Waals surface area (Å²) >= 11 is 0. The molecule has 1 N–H and O–H groups in total. The minimum Gasteiger partial charge on any atom is -0.380 e.